The van der Waals surface area contributed by atoms with Crippen LogP contribution in [0.5, 0.6) is 0 Å². The number of hydrogen-bond acceptors (Lipinski definition) is 2. The maximum atomic E-state index is 11.8. The molecule has 0 aromatic heterocycles. The fourth-order valence-electron chi connectivity index (χ4n) is 2.75. The van der Waals surface area contributed by atoms with Crippen LogP contribution in [-0.4, -0.2) is 35.1 Å². The van der Waals surface area contributed by atoms with Crippen molar-refractivity contribution in [1.29, 1.82) is 0 Å². The van der Waals surface area contributed by atoms with Crippen LogP contribution in [0.3, 0.4) is 0 Å². The van der Waals surface area contributed by atoms with E-state index in [0.717, 1.165) is 25.3 Å². The summed E-state index contributed by atoms with van der Waals surface area (Å²) in [7, 11) is 0. The van der Waals surface area contributed by atoms with Gasteiger partial charge >= 0.3 is 0 Å². The fraction of sp³-hybridized carbons (Fsp3) is 0.917. The Morgan fingerprint density at radius 1 is 1.27 bits per heavy atom. The Balaban J connectivity index is 1.67. The first-order chi connectivity index (χ1) is 7.25. The second-order valence-corrected chi connectivity index (χ2v) is 4.97. The number of hydrogen-bond donors (Lipinski definition) is 1. The van der Waals surface area contributed by atoms with Crippen LogP contribution in [0.25, 0.3) is 0 Å². The van der Waals surface area contributed by atoms with Crippen LogP contribution in [-0.2, 0) is 4.79 Å². The van der Waals surface area contributed by atoms with Crippen LogP contribution in [0.2, 0.25) is 0 Å². The third-order valence-corrected chi connectivity index (χ3v) is 3.76. The molecular weight excluding hydrogens is 190 g/mol. The van der Waals surface area contributed by atoms with Gasteiger partial charge in [-0.3, -0.25) is 4.79 Å². The Hall–Kier alpha value is -0.570. The Kier molecular flexibility index (Phi) is 3.62. The molecule has 2 rings (SSSR count). The first-order valence-electron chi connectivity index (χ1n) is 6.21. The van der Waals surface area contributed by atoms with Crippen molar-refractivity contribution in [3.8, 4) is 0 Å². The number of β-amino-alcohol motifs (C(OH)–C–C–N with tert-alkyl or cyclic N) is 1. The molecule has 0 aromatic carbocycles. The van der Waals surface area contributed by atoms with Gasteiger partial charge in [0.1, 0.15) is 0 Å². The number of aliphatic hydroxyl groups is 1. The van der Waals surface area contributed by atoms with Crippen molar-refractivity contribution in [3.05, 3.63) is 0 Å². The van der Waals surface area contributed by atoms with Gasteiger partial charge in [0.15, 0.2) is 0 Å². The topological polar surface area (TPSA) is 40.5 Å². The van der Waals surface area contributed by atoms with Gasteiger partial charge in [-0.15, -0.1) is 0 Å². The van der Waals surface area contributed by atoms with E-state index in [9.17, 15) is 9.90 Å². The molecule has 1 amide bonds. The number of aliphatic hydroxyl groups excluding tert-OH is 1. The molecule has 0 spiro atoms. The highest BCUT2D eigenvalue weighted by Crippen LogP contribution is 2.28. The molecule has 2 fully saturated rings. The number of nitrogens with zero attached hydrogens (tertiary/aromatic N) is 1. The van der Waals surface area contributed by atoms with Gasteiger partial charge in [-0.2, -0.15) is 0 Å². The second kappa shape index (κ2) is 4.97. The van der Waals surface area contributed by atoms with Crippen molar-refractivity contribution in [1.82, 2.24) is 4.90 Å². The zero-order valence-electron chi connectivity index (χ0n) is 9.32. The van der Waals surface area contributed by atoms with Gasteiger partial charge < -0.3 is 10.0 Å². The van der Waals surface area contributed by atoms with Crippen LogP contribution in [0.1, 0.15) is 44.9 Å². The molecule has 15 heavy (non-hydrogen) atoms. The molecule has 3 nitrogen and oxygen atoms in total. The molecule has 1 aliphatic carbocycles. The summed E-state index contributed by atoms with van der Waals surface area (Å²) in [4.78, 5) is 13.6. The fourth-order valence-corrected chi connectivity index (χ4v) is 2.75. The van der Waals surface area contributed by atoms with Gasteiger partial charge in [0.2, 0.25) is 5.91 Å². The van der Waals surface area contributed by atoms with E-state index in [1.54, 1.807) is 0 Å². The third-order valence-electron chi connectivity index (χ3n) is 3.76. The maximum Gasteiger partial charge on any atom is 0.222 e. The SMILES string of the molecule is O=C(CCC1CCCC1)N1CCC(O)C1. The standard InChI is InChI=1S/C12H21NO2/c14-11-7-8-13(9-11)12(15)6-5-10-3-1-2-4-10/h10-11,14H,1-9H2. The Bertz CT molecular complexity index is 224. The van der Waals surface area contributed by atoms with Gasteiger partial charge in [-0.25, -0.2) is 0 Å². The van der Waals surface area contributed by atoms with E-state index in [2.05, 4.69) is 0 Å². The number of carbonyl (C=O) groups is 1. The second-order valence-electron chi connectivity index (χ2n) is 4.97. The van der Waals surface area contributed by atoms with E-state index in [-0.39, 0.29) is 12.0 Å². The zero-order valence-corrected chi connectivity index (χ0v) is 9.32. The molecular formula is C12H21NO2. The van der Waals surface area contributed by atoms with Crippen LogP contribution < -0.4 is 0 Å². The first kappa shape index (κ1) is 10.9. The first-order valence-corrected chi connectivity index (χ1v) is 6.21. The molecule has 0 aromatic rings. The highest BCUT2D eigenvalue weighted by molar-refractivity contribution is 5.76. The lowest BCUT2D eigenvalue weighted by Gasteiger charge is -2.16. The predicted molar refractivity (Wildman–Crippen MR) is 58.4 cm³/mol. The minimum absolute atomic E-state index is 0.249. The Morgan fingerprint density at radius 3 is 2.60 bits per heavy atom. The van der Waals surface area contributed by atoms with E-state index in [1.165, 1.54) is 25.7 Å². The van der Waals surface area contributed by atoms with E-state index >= 15 is 0 Å². The zero-order chi connectivity index (χ0) is 10.7. The van der Waals surface area contributed by atoms with Gasteiger partial charge in [-0.1, -0.05) is 25.7 Å². The highest BCUT2D eigenvalue weighted by atomic mass is 16.3. The van der Waals surface area contributed by atoms with Crippen molar-refractivity contribution in [3.63, 3.8) is 0 Å². The molecule has 1 unspecified atom stereocenters. The number of amides is 1. The number of rotatable bonds is 3. The molecule has 1 aliphatic heterocycles. The van der Waals surface area contributed by atoms with Gasteiger partial charge in [-0.05, 0) is 18.8 Å². The monoisotopic (exact) mass is 211 g/mol. The summed E-state index contributed by atoms with van der Waals surface area (Å²) in [6.45, 7) is 1.31. The van der Waals surface area contributed by atoms with Crippen molar-refractivity contribution in [2.45, 2.75) is 51.0 Å². The van der Waals surface area contributed by atoms with E-state index in [4.69, 9.17) is 0 Å². The smallest absolute Gasteiger partial charge is 0.222 e. The van der Waals surface area contributed by atoms with Gasteiger partial charge in [0, 0.05) is 19.5 Å². The number of likely N-dealkylation sites (tertiary alicyclic amines) is 1. The lowest BCUT2D eigenvalue weighted by atomic mass is 10.0. The minimum Gasteiger partial charge on any atom is -0.391 e. The average molecular weight is 211 g/mol. The van der Waals surface area contributed by atoms with Crippen LogP contribution >= 0.6 is 0 Å². The van der Waals surface area contributed by atoms with Crippen molar-refractivity contribution in [2.24, 2.45) is 5.92 Å². The minimum atomic E-state index is -0.277. The van der Waals surface area contributed by atoms with Crippen LogP contribution in [0.15, 0.2) is 0 Å². The van der Waals surface area contributed by atoms with E-state index < -0.39 is 0 Å². The van der Waals surface area contributed by atoms with Crippen LogP contribution in [0.4, 0.5) is 0 Å². The van der Waals surface area contributed by atoms with Crippen molar-refractivity contribution >= 4 is 5.91 Å². The maximum absolute atomic E-state index is 11.8. The van der Waals surface area contributed by atoms with Crippen molar-refractivity contribution < 1.29 is 9.90 Å². The predicted octanol–water partition coefficient (Wildman–Crippen LogP) is 1.55. The summed E-state index contributed by atoms with van der Waals surface area (Å²) < 4.78 is 0. The summed E-state index contributed by atoms with van der Waals surface area (Å²) in [5, 5.41) is 9.33. The quantitative estimate of drug-likeness (QED) is 0.769. The van der Waals surface area contributed by atoms with Gasteiger partial charge in [0.25, 0.3) is 0 Å². The summed E-state index contributed by atoms with van der Waals surface area (Å²) in [5.41, 5.74) is 0. The molecule has 1 saturated carbocycles. The summed E-state index contributed by atoms with van der Waals surface area (Å²) in [6, 6.07) is 0. The Morgan fingerprint density at radius 2 is 2.00 bits per heavy atom. The third kappa shape index (κ3) is 2.94. The Labute approximate surface area is 91.5 Å². The molecule has 0 radical (unpaired) electrons. The van der Waals surface area contributed by atoms with E-state index in [1.807, 2.05) is 4.90 Å². The number of carbonyl (C=O) groups excluding carboxylic acids is 1. The molecule has 1 heterocycles. The largest absolute Gasteiger partial charge is 0.391 e. The van der Waals surface area contributed by atoms with E-state index in [0.29, 0.717) is 13.0 Å². The average Bonchev–Trinajstić information content (AvgIpc) is 2.84. The summed E-state index contributed by atoms with van der Waals surface area (Å²) in [5.74, 6) is 1.04. The van der Waals surface area contributed by atoms with Crippen molar-refractivity contribution in [2.75, 3.05) is 13.1 Å². The normalized spacial score (nSPS) is 27.5. The van der Waals surface area contributed by atoms with Gasteiger partial charge in [0.05, 0.1) is 6.10 Å². The molecule has 0 bridgehead atoms. The molecule has 86 valence electrons. The highest BCUT2D eigenvalue weighted by Gasteiger charge is 2.25. The molecule has 1 saturated heterocycles. The molecule has 2 aliphatic rings. The van der Waals surface area contributed by atoms with Crippen LogP contribution in [0, 0.1) is 5.92 Å². The lowest BCUT2D eigenvalue weighted by Crippen LogP contribution is -2.29. The molecule has 3 heteroatoms. The summed E-state index contributed by atoms with van der Waals surface area (Å²) >= 11 is 0. The molecule has 1 N–H and O–H groups in total. The summed E-state index contributed by atoms with van der Waals surface area (Å²) in [6.07, 6.45) is 7.56. The lowest BCUT2D eigenvalue weighted by molar-refractivity contribution is -0.130. The molecule has 1 atom stereocenters.